The summed E-state index contributed by atoms with van der Waals surface area (Å²) in [4.78, 5) is 2.08. The molecule has 0 unspecified atom stereocenters. The van der Waals surface area contributed by atoms with Crippen LogP contribution in [0, 0.1) is 5.82 Å². The molecule has 0 radical (unpaired) electrons. The standard InChI is InChI=1S/C14H21FN2O/c1-10-8-17(9-11(2)18-10)14-12(6-7-16)4-3-5-13(14)15/h3-5,10-11H,6-9,16H2,1-2H3/t10-,11+. The van der Waals surface area contributed by atoms with Crippen molar-refractivity contribution in [1.82, 2.24) is 0 Å². The number of rotatable bonds is 3. The minimum absolute atomic E-state index is 0.124. The van der Waals surface area contributed by atoms with Crippen molar-refractivity contribution in [2.45, 2.75) is 32.5 Å². The molecule has 1 aromatic rings. The van der Waals surface area contributed by atoms with Crippen molar-refractivity contribution < 1.29 is 9.13 Å². The van der Waals surface area contributed by atoms with Gasteiger partial charge in [0.2, 0.25) is 0 Å². The van der Waals surface area contributed by atoms with Crippen LogP contribution in [0.15, 0.2) is 18.2 Å². The Morgan fingerprint density at radius 3 is 2.61 bits per heavy atom. The smallest absolute Gasteiger partial charge is 0.146 e. The number of anilines is 1. The van der Waals surface area contributed by atoms with Crippen LogP contribution in [0.2, 0.25) is 0 Å². The predicted molar refractivity (Wildman–Crippen MR) is 71.4 cm³/mol. The van der Waals surface area contributed by atoms with Gasteiger partial charge in [0.15, 0.2) is 0 Å². The maximum absolute atomic E-state index is 14.1. The van der Waals surface area contributed by atoms with Gasteiger partial charge in [0.1, 0.15) is 5.82 Å². The zero-order valence-electron chi connectivity index (χ0n) is 11.0. The van der Waals surface area contributed by atoms with Crippen LogP contribution in [-0.4, -0.2) is 31.8 Å². The van der Waals surface area contributed by atoms with Crippen LogP contribution in [0.3, 0.4) is 0 Å². The Morgan fingerprint density at radius 1 is 1.33 bits per heavy atom. The van der Waals surface area contributed by atoms with Crippen LogP contribution < -0.4 is 10.6 Å². The van der Waals surface area contributed by atoms with Gasteiger partial charge < -0.3 is 15.4 Å². The third kappa shape index (κ3) is 2.82. The molecule has 1 saturated heterocycles. The third-order valence-electron chi connectivity index (χ3n) is 3.22. The Balaban J connectivity index is 2.30. The van der Waals surface area contributed by atoms with E-state index >= 15 is 0 Å². The molecule has 0 saturated carbocycles. The minimum atomic E-state index is -0.165. The molecule has 0 amide bonds. The minimum Gasteiger partial charge on any atom is -0.372 e. The van der Waals surface area contributed by atoms with Gasteiger partial charge in [-0.1, -0.05) is 12.1 Å². The number of nitrogens with two attached hydrogens (primary N) is 1. The molecule has 0 aromatic heterocycles. The Bertz CT molecular complexity index is 401. The zero-order chi connectivity index (χ0) is 13.1. The molecular weight excluding hydrogens is 231 g/mol. The van der Waals surface area contributed by atoms with Crippen LogP contribution in [-0.2, 0) is 11.2 Å². The Labute approximate surface area is 108 Å². The molecular formula is C14H21FN2O. The highest BCUT2D eigenvalue weighted by molar-refractivity contribution is 5.55. The molecule has 0 spiro atoms. The number of halogens is 1. The lowest BCUT2D eigenvalue weighted by Gasteiger charge is -2.38. The van der Waals surface area contributed by atoms with Crippen LogP contribution in [0.5, 0.6) is 0 Å². The summed E-state index contributed by atoms with van der Waals surface area (Å²) in [6, 6.07) is 5.22. The highest BCUT2D eigenvalue weighted by Gasteiger charge is 2.25. The average molecular weight is 252 g/mol. The Morgan fingerprint density at radius 2 is 2.00 bits per heavy atom. The molecule has 2 rings (SSSR count). The van der Waals surface area contributed by atoms with Crippen LogP contribution in [0.1, 0.15) is 19.4 Å². The van der Waals surface area contributed by atoms with Crippen molar-refractivity contribution in [1.29, 1.82) is 0 Å². The van der Waals surface area contributed by atoms with Crippen molar-refractivity contribution >= 4 is 5.69 Å². The fraction of sp³-hybridized carbons (Fsp3) is 0.571. The van der Waals surface area contributed by atoms with Crippen molar-refractivity contribution in [3.63, 3.8) is 0 Å². The molecule has 18 heavy (non-hydrogen) atoms. The van der Waals surface area contributed by atoms with E-state index in [9.17, 15) is 4.39 Å². The van der Waals surface area contributed by atoms with E-state index in [-0.39, 0.29) is 18.0 Å². The SMILES string of the molecule is C[C@@H]1CN(c2c(F)cccc2CCN)C[C@H](C)O1. The summed E-state index contributed by atoms with van der Waals surface area (Å²) >= 11 is 0. The summed E-state index contributed by atoms with van der Waals surface area (Å²) in [7, 11) is 0. The largest absolute Gasteiger partial charge is 0.372 e. The number of benzene rings is 1. The number of nitrogens with zero attached hydrogens (tertiary/aromatic N) is 1. The number of para-hydroxylation sites is 1. The molecule has 1 aromatic carbocycles. The molecule has 3 nitrogen and oxygen atoms in total. The molecule has 2 N–H and O–H groups in total. The van der Waals surface area contributed by atoms with Gasteiger partial charge >= 0.3 is 0 Å². The first-order valence-corrected chi connectivity index (χ1v) is 6.49. The van der Waals surface area contributed by atoms with E-state index in [2.05, 4.69) is 4.90 Å². The van der Waals surface area contributed by atoms with Gasteiger partial charge in [0.25, 0.3) is 0 Å². The van der Waals surface area contributed by atoms with Crippen molar-refractivity contribution in [3.8, 4) is 0 Å². The van der Waals surface area contributed by atoms with E-state index < -0.39 is 0 Å². The highest BCUT2D eigenvalue weighted by Crippen LogP contribution is 2.27. The van der Waals surface area contributed by atoms with Gasteiger partial charge in [-0.25, -0.2) is 4.39 Å². The van der Waals surface area contributed by atoms with Crippen molar-refractivity contribution in [3.05, 3.63) is 29.6 Å². The van der Waals surface area contributed by atoms with E-state index in [0.29, 0.717) is 18.7 Å². The van der Waals surface area contributed by atoms with Crippen molar-refractivity contribution in [2.75, 3.05) is 24.5 Å². The normalized spacial score (nSPS) is 24.3. The second-order valence-corrected chi connectivity index (χ2v) is 4.95. The van der Waals surface area contributed by atoms with E-state index in [0.717, 1.165) is 18.7 Å². The number of hydrogen-bond acceptors (Lipinski definition) is 3. The van der Waals surface area contributed by atoms with E-state index in [1.807, 2.05) is 19.9 Å². The zero-order valence-corrected chi connectivity index (χ0v) is 11.0. The number of morpholine rings is 1. The van der Waals surface area contributed by atoms with E-state index in [1.54, 1.807) is 6.07 Å². The molecule has 100 valence electrons. The summed E-state index contributed by atoms with van der Waals surface area (Å²) < 4.78 is 19.8. The van der Waals surface area contributed by atoms with E-state index in [4.69, 9.17) is 10.5 Å². The van der Waals surface area contributed by atoms with Crippen molar-refractivity contribution in [2.24, 2.45) is 5.73 Å². The number of hydrogen-bond donors (Lipinski definition) is 1. The number of ether oxygens (including phenoxy) is 1. The summed E-state index contributed by atoms with van der Waals surface area (Å²) in [5.74, 6) is -0.165. The second kappa shape index (κ2) is 5.67. The van der Waals surface area contributed by atoms with Gasteiger partial charge in [0, 0.05) is 13.1 Å². The van der Waals surface area contributed by atoms with Gasteiger partial charge in [-0.3, -0.25) is 0 Å². The van der Waals surface area contributed by atoms with Gasteiger partial charge in [0.05, 0.1) is 17.9 Å². The topological polar surface area (TPSA) is 38.5 Å². The molecule has 4 heteroatoms. The second-order valence-electron chi connectivity index (χ2n) is 4.95. The van der Waals surface area contributed by atoms with Crippen LogP contribution in [0.4, 0.5) is 10.1 Å². The molecule has 0 aliphatic carbocycles. The summed E-state index contributed by atoms with van der Waals surface area (Å²) in [6.45, 7) is 6.02. The van der Waals surface area contributed by atoms with Crippen LogP contribution in [0.25, 0.3) is 0 Å². The fourth-order valence-corrected chi connectivity index (χ4v) is 2.63. The van der Waals surface area contributed by atoms with Gasteiger partial charge in [-0.05, 0) is 38.4 Å². The van der Waals surface area contributed by atoms with E-state index in [1.165, 1.54) is 6.07 Å². The quantitative estimate of drug-likeness (QED) is 0.893. The predicted octanol–water partition coefficient (Wildman–Crippen LogP) is 1.94. The summed E-state index contributed by atoms with van der Waals surface area (Å²) in [5.41, 5.74) is 7.28. The van der Waals surface area contributed by atoms with Crippen LogP contribution >= 0.6 is 0 Å². The fourth-order valence-electron chi connectivity index (χ4n) is 2.63. The Hall–Kier alpha value is -1.13. The molecule has 0 bridgehead atoms. The highest BCUT2D eigenvalue weighted by atomic mass is 19.1. The molecule has 1 aliphatic heterocycles. The molecule has 1 aliphatic rings. The Kier molecular flexibility index (Phi) is 4.19. The lowest BCUT2D eigenvalue weighted by Crippen LogP contribution is -2.46. The lowest BCUT2D eigenvalue weighted by atomic mass is 10.1. The third-order valence-corrected chi connectivity index (χ3v) is 3.22. The molecule has 1 heterocycles. The first kappa shape index (κ1) is 13.3. The monoisotopic (exact) mass is 252 g/mol. The maximum Gasteiger partial charge on any atom is 0.146 e. The lowest BCUT2D eigenvalue weighted by molar-refractivity contribution is -0.00543. The average Bonchev–Trinajstić information content (AvgIpc) is 2.28. The molecule has 1 fully saturated rings. The van der Waals surface area contributed by atoms with Gasteiger partial charge in [-0.15, -0.1) is 0 Å². The maximum atomic E-state index is 14.1. The summed E-state index contributed by atoms with van der Waals surface area (Å²) in [6.07, 6.45) is 0.950. The first-order valence-electron chi connectivity index (χ1n) is 6.49. The first-order chi connectivity index (χ1) is 8.61. The van der Waals surface area contributed by atoms with Gasteiger partial charge in [-0.2, -0.15) is 0 Å². The summed E-state index contributed by atoms with van der Waals surface area (Å²) in [5, 5.41) is 0. The molecule has 2 atom stereocenters.